The summed E-state index contributed by atoms with van der Waals surface area (Å²) in [6.07, 6.45) is -3.22. The normalized spacial score (nSPS) is 11.8. The van der Waals surface area contributed by atoms with E-state index in [9.17, 15) is 8.78 Å². The minimum absolute atomic E-state index is 0.0972. The Morgan fingerprint density at radius 1 is 1.07 bits per heavy atom. The van der Waals surface area contributed by atoms with Crippen LogP contribution in [0.25, 0.3) is 22.1 Å². The lowest BCUT2D eigenvalue weighted by molar-refractivity contribution is -0.158. The fourth-order valence-electron chi connectivity index (χ4n) is 3.12. The van der Waals surface area contributed by atoms with Crippen molar-refractivity contribution in [1.82, 2.24) is 19.9 Å². The summed E-state index contributed by atoms with van der Waals surface area (Å²) in [7, 11) is 0. The number of hydrogen-bond donors (Lipinski definition) is 0. The second-order valence-corrected chi connectivity index (χ2v) is 6.91. The maximum atomic E-state index is 13.0. The van der Waals surface area contributed by atoms with Crippen molar-refractivity contribution in [3.8, 4) is 22.8 Å². The first kappa shape index (κ1) is 19.8. The summed E-state index contributed by atoms with van der Waals surface area (Å²) in [5.41, 5.74) is 2.30. The molecule has 156 valence electrons. The first-order valence-corrected chi connectivity index (χ1v) is 9.36. The van der Waals surface area contributed by atoms with E-state index < -0.39 is 6.11 Å². The van der Waals surface area contributed by atoms with E-state index in [-0.39, 0.29) is 5.75 Å². The first-order chi connectivity index (χ1) is 14.3. The van der Waals surface area contributed by atoms with Gasteiger partial charge in [0.15, 0.2) is 5.58 Å². The molecule has 2 heterocycles. The maximum Gasteiger partial charge on any atom is 0.394 e. The van der Waals surface area contributed by atoms with Gasteiger partial charge in [0, 0.05) is 6.92 Å². The lowest BCUT2D eigenvalue weighted by Gasteiger charge is -2.13. The van der Waals surface area contributed by atoms with Gasteiger partial charge in [-0.15, -0.1) is 0 Å². The van der Waals surface area contributed by atoms with Gasteiger partial charge in [0.25, 0.3) is 5.88 Å². The van der Waals surface area contributed by atoms with Crippen molar-refractivity contribution < 1.29 is 22.8 Å². The minimum atomic E-state index is -3.22. The molecule has 7 nitrogen and oxygen atoms in total. The molecular weight excluding hydrogens is 394 g/mol. The monoisotopic (exact) mass is 414 g/mol. The van der Waals surface area contributed by atoms with E-state index >= 15 is 0 Å². The first-order valence-electron chi connectivity index (χ1n) is 9.36. The number of rotatable bonds is 7. The standard InChI is InChI=1S/C21H20F2N4O3/c1-13-24-14(2)27(25-13)10-11-28-20-18-12-16(6-9-19(18)30-26-20)15-4-7-17(8-5-15)29-21(3,22)23/h4-9,12H,10-11H2,1-3H3. The number of ether oxygens (including phenoxy) is 2. The third-order valence-corrected chi connectivity index (χ3v) is 4.43. The second kappa shape index (κ2) is 7.74. The molecule has 0 radical (unpaired) electrons. The third-order valence-electron chi connectivity index (χ3n) is 4.43. The highest BCUT2D eigenvalue weighted by atomic mass is 19.3. The third kappa shape index (κ3) is 4.40. The molecule has 9 heteroatoms. The lowest BCUT2D eigenvalue weighted by atomic mass is 10.0. The highest BCUT2D eigenvalue weighted by Gasteiger charge is 2.23. The summed E-state index contributed by atoms with van der Waals surface area (Å²) in [6.45, 7) is 5.31. The Kier molecular flexibility index (Phi) is 5.11. The van der Waals surface area contributed by atoms with Gasteiger partial charge >= 0.3 is 6.11 Å². The van der Waals surface area contributed by atoms with Crippen molar-refractivity contribution in [2.24, 2.45) is 0 Å². The number of aryl methyl sites for hydroxylation is 2. The zero-order valence-corrected chi connectivity index (χ0v) is 16.7. The van der Waals surface area contributed by atoms with Crippen molar-refractivity contribution in [2.75, 3.05) is 6.61 Å². The number of nitrogens with zero attached hydrogens (tertiary/aromatic N) is 4. The zero-order chi connectivity index (χ0) is 21.3. The largest absolute Gasteiger partial charge is 0.473 e. The van der Waals surface area contributed by atoms with Crippen LogP contribution in [0.4, 0.5) is 8.78 Å². The Bertz CT molecular complexity index is 1160. The second-order valence-electron chi connectivity index (χ2n) is 6.91. The molecule has 2 aromatic carbocycles. The maximum absolute atomic E-state index is 13.0. The van der Waals surface area contributed by atoms with Crippen molar-refractivity contribution in [3.63, 3.8) is 0 Å². The van der Waals surface area contributed by atoms with Gasteiger partial charge in [-0.2, -0.15) is 13.9 Å². The fraction of sp³-hybridized carbons (Fsp3) is 0.286. The van der Waals surface area contributed by atoms with E-state index in [0.717, 1.165) is 22.3 Å². The highest BCUT2D eigenvalue weighted by molar-refractivity contribution is 5.87. The average Bonchev–Trinajstić information content (AvgIpc) is 3.23. The van der Waals surface area contributed by atoms with Crippen LogP contribution in [-0.2, 0) is 6.54 Å². The molecule has 0 atom stereocenters. The summed E-state index contributed by atoms with van der Waals surface area (Å²) in [6, 6.07) is 12.0. The van der Waals surface area contributed by atoms with Crippen LogP contribution in [0.5, 0.6) is 11.6 Å². The molecular formula is C21H20F2N4O3. The number of alkyl halides is 2. The van der Waals surface area contributed by atoms with Gasteiger partial charge in [-0.05, 0) is 54.4 Å². The summed E-state index contributed by atoms with van der Waals surface area (Å²) in [5.74, 6) is 2.01. The fourth-order valence-corrected chi connectivity index (χ4v) is 3.12. The predicted molar refractivity (Wildman–Crippen MR) is 106 cm³/mol. The van der Waals surface area contributed by atoms with Crippen LogP contribution in [0.2, 0.25) is 0 Å². The molecule has 2 aromatic heterocycles. The van der Waals surface area contributed by atoms with Crippen LogP contribution in [0.15, 0.2) is 47.0 Å². The van der Waals surface area contributed by atoms with Crippen molar-refractivity contribution in [3.05, 3.63) is 54.1 Å². The van der Waals surface area contributed by atoms with Gasteiger partial charge < -0.3 is 14.0 Å². The molecule has 0 amide bonds. The molecule has 4 aromatic rings. The van der Waals surface area contributed by atoms with Crippen LogP contribution in [0, 0.1) is 13.8 Å². The zero-order valence-electron chi connectivity index (χ0n) is 16.7. The SMILES string of the molecule is Cc1nc(C)n(CCOc2noc3ccc(-c4ccc(OC(C)(F)F)cc4)cc23)n1. The lowest BCUT2D eigenvalue weighted by Crippen LogP contribution is -2.18. The molecule has 0 fully saturated rings. The van der Waals surface area contributed by atoms with E-state index in [0.29, 0.717) is 37.4 Å². The van der Waals surface area contributed by atoms with Gasteiger partial charge in [-0.25, -0.2) is 9.67 Å². The van der Waals surface area contributed by atoms with Crippen LogP contribution >= 0.6 is 0 Å². The summed E-state index contributed by atoms with van der Waals surface area (Å²) in [5, 5.41) is 9.02. The smallest absolute Gasteiger partial charge is 0.394 e. The number of benzene rings is 2. The number of hydrogen-bond acceptors (Lipinski definition) is 6. The Hall–Kier alpha value is -3.49. The highest BCUT2D eigenvalue weighted by Crippen LogP contribution is 2.31. The van der Waals surface area contributed by atoms with E-state index in [4.69, 9.17) is 9.26 Å². The van der Waals surface area contributed by atoms with Crippen LogP contribution in [0.1, 0.15) is 18.6 Å². The van der Waals surface area contributed by atoms with Crippen LogP contribution < -0.4 is 9.47 Å². The van der Waals surface area contributed by atoms with Gasteiger partial charge in [-0.3, -0.25) is 0 Å². The van der Waals surface area contributed by atoms with Crippen LogP contribution in [0.3, 0.4) is 0 Å². The quantitative estimate of drug-likeness (QED) is 0.434. The van der Waals surface area contributed by atoms with Gasteiger partial charge in [0.05, 0.1) is 11.9 Å². The molecule has 0 saturated heterocycles. The van der Waals surface area contributed by atoms with E-state index in [1.165, 1.54) is 12.1 Å². The van der Waals surface area contributed by atoms with Gasteiger partial charge in [-0.1, -0.05) is 18.2 Å². The molecule has 0 saturated carbocycles. The van der Waals surface area contributed by atoms with Gasteiger partial charge in [0.1, 0.15) is 24.0 Å². The predicted octanol–water partition coefficient (Wildman–Crippen LogP) is 4.77. The number of halogens is 2. The molecule has 0 unspecified atom stereocenters. The molecule has 0 aliphatic carbocycles. The molecule has 4 rings (SSSR count). The number of fused-ring (bicyclic) bond motifs is 1. The van der Waals surface area contributed by atoms with Crippen molar-refractivity contribution in [1.29, 1.82) is 0 Å². The Morgan fingerprint density at radius 3 is 2.47 bits per heavy atom. The molecule has 0 N–H and O–H groups in total. The Balaban J connectivity index is 1.50. The van der Waals surface area contributed by atoms with E-state index in [1.54, 1.807) is 22.9 Å². The summed E-state index contributed by atoms with van der Waals surface area (Å²) < 4.78 is 43.4. The molecule has 30 heavy (non-hydrogen) atoms. The van der Waals surface area contributed by atoms with Crippen LogP contribution in [-0.4, -0.2) is 32.6 Å². The Labute approximate surface area is 171 Å². The van der Waals surface area contributed by atoms with E-state index in [2.05, 4.69) is 20.0 Å². The topological polar surface area (TPSA) is 75.2 Å². The minimum Gasteiger partial charge on any atom is -0.473 e. The Morgan fingerprint density at radius 2 is 1.80 bits per heavy atom. The van der Waals surface area contributed by atoms with Crippen molar-refractivity contribution in [2.45, 2.75) is 33.4 Å². The van der Waals surface area contributed by atoms with Gasteiger partial charge in [0.2, 0.25) is 0 Å². The molecule has 0 spiro atoms. The number of aromatic nitrogens is 4. The molecule has 0 bridgehead atoms. The summed E-state index contributed by atoms with van der Waals surface area (Å²) in [4.78, 5) is 4.26. The summed E-state index contributed by atoms with van der Waals surface area (Å²) >= 11 is 0. The molecule has 0 aliphatic rings. The molecule has 0 aliphatic heterocycles. The average molecular weight is 414 g/mol. The van der Waals surface area contributed by atoms with E-state index in [1.807, 2.05) is 26.0 Å². The van der Waals surface area contributed by atoms with Crippen molar-refractivity contribution >= 4 is 11.0 Å².